The molecule has 1 aromatic carbocycles. The molecule has 2 rings (SSSR count). The molecule has 0 saturated carbocycles. The lowest BCUT2D eigenvalue weighted by atomic mass is 10.0. The van der Waals surface area contributed by atoms with Gasteiger partial charge in [-0.25, -0.2) is 4.79 Å². The Morgan fingerprint density at radius 1 is 1.25 bits per heavy atom. The van der Waals surface area contributed by atoms with Crippen LogP contribution in [0.4, 0.5) is 0 Å². The molecule has 0 radical (unpaired) electrons. The SMILES string of the molecule is CN(CCc1ccccc1C(=O)O)C(=O)C1CC=CC1. The number of carbonyl (C=O) groups is 2. The normalized spacial score (nSPS) is 14.4. The van der Waals surface area contributed by atoms with Gasteiger partial charge in [-0.1, -0.05) is 30.4 Å². The van der Waals surface area contributed by atoms with Crippen LogP contribution in [0.25, 0.3) is 0 Å². The second kappa shape index (κ2) is 6.37. The summed E-state index contributed by atoms with van der Waals surface area (Å²) in [6.07, 6.45) is 6.26. The first-order valence-electron chi connectivity index (χ1n) is 6.80. The Kier molecular flexibility index (Phi) is 4.56. The van der Waals surface area contributed by atoms with Crippen LogP contribution in [0.5, 0.6) is 0 Å². The van der Waals surface area contributed by atoms with Gasteiger partial charge in [0.2, 0.25) is 5.91 Å². The van der Waals surface area contributed by atoms with Crippen molar-refractivity contribution in [1.82, 2.24) is 4.90 Å². The van der Waals surface area contributed by atoms with Gasteiger partial charge in [0.15, 0.2) is 0 Å². The van der Waals surface area contributed by atoms with E-state index >= 15 is 0 Å². The largest absolute Gasteiger partial charge is 0.478 e. The molecule has 4 heteroatoms. The standard InChI is InChI=1S/C16H19NO3/c1-17(15(18)13-7-2-3-8-13)11-10-12-6-4-5-9-14(12)16(19)20/h2-6,9,13H,7-8,10-11H2,1H3,(H,19,20). The zero-order valence-electron chi connectivity index (χ0n) is 11.6. The Bertz CT molecular complexity index is 528. The van der Waals surface area contributed by atoms with Crippen LogP contribution >= 0.6 is 0 Å². The molecule has 1 aromatic rings. The second-order valence-corrected chi connectivity index (χ2v) is 5.11. The van der Waals surface area contributed by atoms with Gasteiger partial charge < -0.3 is 10.0 Å². The van der Waals surface area contributed by atoms with Crippen molar-refractivity contribution in [3.8, 4) is 0 Å². The van der Waals surface area contributed by atoms with Gasteiger partial charge in [-0.2, -0.15) is 0 Å². The number of likely N-dealkylation sites (N-methyl/N-ethyl adjacent to an activating group) is 1. The highest BCUT2D eigenvalue weighted by Crippen LogP contribution is 2.20. The van der Waals surface area contributed by atoms with Crippen molar-refractivity contribution in [3.63, 3.8) is 0 Å². The van der Waals surface area contributed by atoms with E-state index in [1.54, 1.807) is 30.1 Å². The number of carboxylic acid groups (broad SMARTS) is 1. The van der Waals surface area contributed by atoms with Crippen LogP contribution in [0.3, 0.4) is 0 Å². The third-order valence-corrected chi connectivity index (χ3v) is 3.70. The maximum absolute atomic E-state index is 12.2. The Hall–Kier alpha value is -2.10. The summed E-state index contributed by atoms with van der Waals surface area (Å²) in [5, 5.41) is 9.12. The minimum absolute atomic E-state index is 0.0646. The molecule has 20 heavy (non-hydrogen) atoms. The highest BCUT2D eigenvalue weighted by atomic mass is 16.4. The number of benzene rings is 1. The maximum atomic E-state index is 12.2. The van der Waals surface area contributed by atoms with Gasteiger partial charge in [-0.3, -0.25) is 4.79 Å². The predicted molar refractivity (Wildman–Crippen MR) is 76.6 cm³/mol. The number of rotatable bonds is 5. The van der Waals surface area contributed by atoms with Gasteiger partial charge in [0.25, 0.3) is 0 Å². The number of aromatic carboxylic acids is 1. The fourth-order valence-electron chi connectivity index (χ4n) is 2.48. The van der Waals surface area contributed by atoms with Crippen molar-refractivity contribution in [2.75, 3.05) is 13.6 Å². The number of carbonyl (C=O) groups excluding carboxylic acids is 1. The molecule has 0 heterocycles. The van der Waals surface area contributed by atoms with E-state index in [-0.39, 0.29) is 11.8 Å². The Morgan fingerprint density at radius 3 is 2.55 bits per heavy atom. The monoisotopic (exact) mass is 273 g/mol. The Balaban J connectivity index is 1.94. The molecule has 0 saturated heterocycles. The minimum Gasteiger partial charge on any atom is -0.478 e. The molecule has 1 amide bonds. The van der Waals surface area contributed by atoms with Gasteiger partial charge in [-0.15, -0.1) is 0 Å². The second-order valence-electron chi connectivity index (χ2n) is 5.11. The third kappa shape index (κ3) is 3.26. The van der Waals surface area contributed by atoms with E-state index in [1.165, 1.54) is 0 Å². The summed E-state index contributed by atoms with van der Waals surface area (Å²) >= 11 is 0. The van der Waals surface area contributed by atoms with E-state index in [0.717, 1.165) is 18.4 Å². The lowest BCUT2D eigenvalue weighted by Crippen LogP contribution is -2.33. The number of carboxylic acids is 1. The quantitative estimate of drug-likeness (QED) is 0.838. The first kappa shape index (κ1) is 14.3. The van der Waals surface area contributed by atoms with E-state index in [0.29, 0.717) is 18.5 Å². The summed E-state index contributed by atoms with van der Waals surface area (Å²) < 4.78 is 0. The molecule has 106 valence electrons. The zero-order valence-corrected chi connectivity index (χ0v) is 11.6. The summed E-state index contributed by atoms with van der Waals surface area (Å²) in [7, 11) is 1.78. The fourth-order valence-corrected chi connectivity index (χ4v) is 2.48. The van der Waals surface area contributed by atoms with Crippen LogP contribution in [0, 0.1) is 5.92 Å². The van der Waals surface area contributed by atoms with Crippen molar-refractivity contribution in [1.29, 1.82) is 0 Å². The summed E-state index contributed by atoms with van der Waals surface area (Å²) in [6, 6.07) is 6.94. The van der Waals surface area contributed by atoms with Crippen molar-refractivity contribution in [2.45, 2.75) is 19.3 Å². The van der Waals surface area contributed by atoms with Crippen LogP contribution in [0.15, 0.2) is 36.4 Å². The van der Waals surface area contributed by atoms with E-state index in [2.05, 4.69) is 0 Å². The highest BCUT2D eigenvalue weighted by Gasteiger charge is 2.22. The molecule has 0 unspecified atom stereocenters. The molecule has 0 atom stereocenters. The van der Waals surface area contributed by atoms with Crippen molar-refractivity contribution in [2.24, 2.45) is 5.92 Å². The van der Waals surface area contributed by atoms with Crippen LogP contribution in [-0.4, -0.2) is 35.5 Å². The minimum atomic E-state index is -0.922. The molecular weight excluding hydrogens is 254 g/mol. The van der Waals surface area contributed by atoms with E-state index in [1.807, 2.05) is 18.2 Å². The molecule has 0 fully saturated rings. The van der Waals surface area contributed by atoms with Crippen molar-refractivity contribution in [3.05, 3.63) is 47.5 Å². The molecular formula is C16H19NO3. The molecule has 0 spiro atoms. The third-order valence-electron chi connectivity index (χ3n) is 3.70. The van der Waals surface area contributed by atoms with E-state index in [9.17, 15) is 9.59 Å². The van der Waals surface area contributed by atoms with Gasteiger partial charge in [0, 0.05) is 19.5 Å². The number of hydrogen-bond acceptors (Lipinski definition) is 2. The van der Waals surface area contributed by atoms with Gasteiger partial charge in [-0.05, 0) is 30.9 Å². The van der Waals surface area contributed by atoms with E-state index in [4.69, 9.17) is 5.11 Å². The number of amides is 1. The van der Waals surface area contributed by atoms with Crippen LogP contribution in [0.2, 0.25) is 0 Å². The number of nitrogens with zero attached hydrogens (tertiary/aromatic N) is 1. The Morgan fingerprint density at radius 2 is 1.90 bits per heavy atom. The molecule has 4 nitrogen and oxygen atoms in total. The summed E-state index contributed by atoms with van der Waals surface area (Å²) in [5.41, 5.74) is 1.08. The summed E-state index contributed by atoms with van der Waals surface area (Å²) in [4.78, 5) is 25.0. The first-order valence-corrected chi connectivity index (χ1v) is 6.80. The molecule has 0 bridgehead atoms. The lowest BCUT2D eigenvalue weighted by Gasteiger charge is -2.21. The topological polar surface area (TPSA) is 57.6 Å². The highest BCUT2D eigenvalue weighted by molar-refractivity contribution is 5.89. The maximum Gasteiger partial charge on any atom is 0.335 e. The molecule has 1 aliphatic rings. The Labute approximate surface area is 118 Å². The zero-order chi connectivity index (χ0) is 14.5. The van der Waals surface area contributed by atoms with Crippen molar-refractivity contribution >= 4 is 11.9 Å². The fraction of sp³-hybridized carbons (Fsp3) is 0.375. The predicted octanol–water partition coefficient (Wildman–Crippen LogP) is 2.35. The molecule has 1 aliphatic carbocycles. The lowest BCUT2D eigenvalue weighted by molar-refractivity contribution is -0.133. The molecule has 1 N–H and O–H groups in total. The summed E-state index contributed by atoms with van der Waals surface area (Å²) in [6.45, 7) is 0.541. The molecule has 0 aliphatic heterocycles. The van der Waals surface area contributed by atoms with Gasteiger partial charge in [0.1, 0.15) is 0 Å². The van der Waals surface area contributed by atoms with Crippen LogP contribution < -0.4 is 0 Å². The van der Waals surface area contributed by atoms with Crippen molar-refractivity contribution < 1.29 is 14.7 Å². The summed E-state index contributed by atoms with van der Waals surface area (Å²) in [5.74, 6) is -0.716. The van der Waals surface area contributed by atoms with E-state index < -0.39 is 5.97 Å². The average molecular weight is 273 g/mol. The van der Waals surface area contributed by atoms with Crippen LogP contribution in [-0.2, 0) is 11.2 Å². The van der Waals surface area contributed by atoms with Gasteiger partial charge >= 0.3 is 5.97 Å². The average Bonchev–Trinajstić information content (AvgIpc) is 2.98. The number of allylic oxidation sites excluding steroid dienone is 2. The molecule has 0 aromatic heterocycles. The smallest absolute Gasteiger partial charge is 0.335 e. The van der Waals surface area contributed by atoms with Crippen LogP contribution in [0.1, 0.15) is 28.8 Å². The number of hydrogen-bond donors (Lipinski definition) is 1. The van der Waals surface area contributed by atoms with Gasteiger partial charge in [0.05, 0.1) is 5.56 Å². The first-order chi connectivity index (χ1) is 9.59.